The first-order valence-corrected chi connectivity index (χ1v) is 5.74. The lowest BCUT2D eigenvalue weighted by Crippen LogP contribution is -2.07. The topological polar surface area (TPSA) is 141 Å². The molecule has 114 valence electrons. The number of carbonyl (C=O) groups is 1. The SMILES string of the molecule is Nc1nccc(Oc2ccc(NC(=O)O)cc2F)c1[N+](=O)[O-]. The van der Waals surface area contributed by atoms with Crippen LogP contribution in [-0.2, 0) is 0 Å². The molecule has 0 radical (unpaired) electrons. The summed E-state index contributed by atoms with van der Waals surface area (Å²) in [6.07, 6.45) is -0.179. The molecular weight excluding hydrogens is 299 g/mol. The molecule has 1 aromatic heterocycles. The number of amides is 1. The predicted octanol–water partition coefficient (Wildman–Crippen LogP) is 2.59. The first kappa shape index (κ1) is 15.0. The molecule has 0 saturated heterocycles. The van der Waals surface area contributed by atoms with Crippen molar-refractivity contribution in [3.63, 3.8) is 0 Å². The van der Waals surface area contributed by atoms with Crippen molar-refractivity contribution in [3.05, 3.63) is 46.4 Å². The molecule has 0 saturated carbocycles. The third-order valence-corrected chi connectivity index (χ3v) is 2.50. The van der Waals surface area contributed by atoms with Crippen LogP contribution >= 0.6 is 0 Å². The Morgan fingerprint density at radius 2 is 2.14 bits per heavy atom. The van der Waals surface area contributed by atoms with Gasteiger partial charge in [-0.2, -0.15) is 0 Å². The van der Waals surface area contributed by atoms with Gasteiger partial charge in [0.2, 0.25) is 11.6 Å². The number of halogens is 1. The zero-order valence-corrected chi connectivity index (χ0v) is 10.8. The lowest BCUT2D eigenvalue weighted by atomic mass is 10.3. The number of aromatic nitrogens is 1. The predicted molar refractivity (Wildman–Crippen MR) is 73.4 cm³/mol. The molecule has 1 amide bonds. The first-order chi connectivity index (χ1) is 10.4. The highest BCUT2D eigenvalue weighted by atomic mass is 19.1. The van der Waals surface area contributed by atoms with Gasteiger partial charge in [-0.15, -0.1) is 0 Å². The molecule has 10 heteroatoms. The van der Waals surface area contributed by atoms with Gasteiger partial charge < -0.3 is 15.6 Å². The van der Waals surface area contributed by atoms with Gasteiger partial charge in [0.25, 0.3) is 0 Å². The Morgan fingerprint density at radius 3 is 2.73 bits per heavy atom. The first-order valence-electron chi connectivity index (χ1n) is 5.74. The van der Waals surface area contributed by atoms with Gasteiger partial charge in [0.05, 0.1) is 4.92 Å². The molecule has 0 fully saturated rings. The summed E-state index contributed by atoms with van der Waals surface area (Å²) in [7, 11) is 0. The van der Waals surface area contributed by atoms with E-state index in [1.54, 1.807) is 0 Å². The van der Waals surface area contributed by atoms with E-state index in [1.807, 2.05) is 5.32 Å². The van der Waals surface area contributed by atoms with Gasteiger partial charge in [-0.1, -0.05) is 0 Å². The standard InChI is InChI=1S/C12H9FN4O5/c13-7-5-6(16-12(18)19)1-2-8(7)22-9-3-4-15-11(14)10(9)17(20)21/h1-5,16H,(H2,14,15)(H,18,19). The molecule has 0 aliphatic heterocycles. The van der Waals surface area contributed by atoms with Gasteiger partial charge in [-0.05, 0) is 12.1 Å². The number of nitrogens with two attached hydrogens (primary N) is 1. The summed E-state index contributed by atoms with van der Waals surface area (Å²) in [4.78, 5) is 24.1. The van der Waals surface area contributed by atoms with Crippen LogP contribution < -0.4 is 15.8 Å². The number of benzene rings is 1. The van der Waals surface area contributed by atoms with Gasteiger partial charge in [0.15, 0.2) is 11.6 Å². The fourth-order valence-electron chi connectivity index (χ4n) is 1.62. The zero-order chi connectivity index (χ0) is 16.3. The molecule has 1 aromatic carbocycles. The van der Waals surface area contributed by atoms with E-state index >= 15 is 0 Å². The number of ether oxygens (including phenoxy) is 1. The van der Waals surface area contributed by atoms with E-state index in [9.17, 15) is 19.3 Å². The van der Waals surface area contributed by atoms with Crippen LogP contribution in [0.2, 0.25) is 0 Å². The Morgan fingerprint density at radius 1 is 1.41 bits per heavy atom. The molecule has 2 rings (SSSR count). The molecule has 0 unspecified atom stereocenters. The largest absolute Gasteiger partial charge is 0.465 e. The normalized spacial score (nSPS) is 10.0. The molecule has 0 spiro atoms. The molecule has 0 bridgehead atoms. The Kier molecular flexibility index (Phi) is 4.02. The number of anilines is 2. The highest BCUT2D eigenvalue weighted by Crippen LogP contribution is 2.35. The number of pyridine rings is 1. The molecule has 0 atom stereocenters. The fraction of sp³-hybridized carbons (Fsp3) is 0. The molecular formula is C12H9FN4O5. The van der Waals surface area contributed by atoms with Crippen molar-refractivity contribution in [1.82, 2.24) is 4.98 Å². The third kappa shape index (κ3) is 3.17. The molecule has 9 nitrogen and oxygen atoms in total. The number of hydrogen-bond donors (Lipinski definition) is 3. The average Bonchev–Trinajstić information content (AvgIpc) is 2.40. The lowest BCUT2D eigenvalue weighted by molar-refractivity contribution is -0.384. The zero-order valence-electron chi connectivity index (χ0n) is 10.8. The van der Waals surface area contributed by atoms with Gasteiger partial charge >= 0.3 is 11.8 Å². The van der Waals surface area contributed by atoms with Crippen LogP contribution in [0.15, 0.2) is 30.5 Å². The number of nitrogens with zero attached hydrogens (tertiary/aromatic N) is 2. The summed E-state index contributed by atoms with van der Waals surface area (Å²) in [5, 5.41) is 21.4. The minimum atomic E-state index is -1.36. The van der Waals surface area contributed by atoms with E-state index < -0.39 is 22.5 Å². The van der Waals surface area contributed by atoms with Crippen LogP contribution in [-0.4, -0.2) is 21.1 Å². The van der Waals surface area contributed by atoms with E-state index in [1.165, 1.54) is 12.3 Å². The summed E-state index contributed by atoms with van der Waals surface area (Å²) >= 11 is 0. The highest BCUT2D eigenvalue weighted by Gasteiger charge is 2.22. The van der Waals surface area contributed by atoms with Crippen LogP contribution in [0.1, 0.15) is 0 Å². The fourth-order valence-corrected chi connectivity index (χ4v) is 1.62. The van der Waals surface area contributed by atoms with E-state index in [2.05, 4.69) is 4.98 Å². The maximum absolute atomic E-state index is 13.8. The number of hydrogen-bond acceptors (Lipinski definition) is 6. The second-order valence-electron chi connectivity index (χ2n) is 3.98. The Balaban J connectivity index is 2.34. The summed E-state index contributed by atoms with van der Waals surface area (Å²) in [5.74, 6) is -1.89. The molecule has 22 heavy (non-hydrogen) atoms. The monoisotopic (exact) mass is 308 g/mol. The van der Waals surface area contributed by atoms with Crippen molar-refractivity contribution < 1.29 is 24.0 Å². The number of rotatable bonds is 4. The quantitative estimate of drug-likeness (QED) is 0.582. The minimum absolute atomic E-state index is 0.0129. The van der Waals surface area contributed by atoms with Crippen LogP contribution in [0.3, 0.4) is 0 Å². The van der Waals surface area contributed by atoms with Crippen LogP contribution in [0, 0.1) is 15.9 Å². The maximum Gasteiger partial charge on any atom is 0.409 e. The van der Waals surface area contributed by atoms with Crippen LogP contribution in [0.4, 0.5) is 26.4 Å². The molecule has 0 aliphatic rings. The maximum atomic E-state index is 13.8. The van der Waals surface area contributed by atoms with Crippen molar-refractivity contribution in [1.29, 1.82) is 0 Å². The second kappa shape index (κ2) is 5.91. The van der Waals surface area contributed by atoms with Crippen molar-refractivity contribution in [2.24, 2.45) is 0 Å². The average molecular weight is 308 g/mol. The molecule has 1 heterocycles. The smallest absolute Gasteiger partial charge is 0.409 e. The van der Waals surface area contributed by atoms with Crippen LogP contribution in [0.25, 0.3) is 0 Å². The molecule has 0 aliphatic carbocycles. The van der Waals surface area contributed by atoms with Gasteiger partial charge in [-0.3, -0.25) is 15.4 Å². The van der Waals surface area contributed by atoms with Crippen molar-refractivity contribution in [3.8, 4) is 11.5 Å². The number of nitrogens with one attached hydrogen (secondary N) is 1. The van der Waals surface area contributed by atoms with Crippen LogP contribution in [0.5, 0.6) is 11.5 Å². The third-order valence-electron chi connectivity index (χ3n) is 2.50. The Hall–Kier alpha value is -3.43. The van der Waals surface area contributed by atoms with Crippen molar-refractivity contribution >= 4 is 23.3 Å². The Labute approximate surface area is 122 Å². The number of nitro groups is 1. The van der Waals surface area contributed by atoms with E-state index in [0.717, 1.165) is 18.2 Å². The minimum Gasteiger partial charge on any atom is -0.465 e. The van der Waals surface area contributed by atoms with Gasteiger partial charge in [0, 0.05) is 24.0 Å². The van der Waals surface area contributed by atoms with Crippen molar-refractivity contribution in [2.45, 2.75) is 0 Å². The van der Waals surface area contributed by atoms with E-state index in [-0.39, 0.29) is 23.0 Å². The summed E-state index contributed by atoms with van der Waals surface area (Å²) in [6, 6.07) is 4.40. The highest BCUT2D eigenvalue weighted by molar-refractivity contribution is 5.82. The second-order valence-corrected chi connectivity index (χ2v) is 3.98. The number of carboxylic acid groups (broad SMARTS) is 1. The van der Waals surface area contributed by atoms with Gasteiger partial charge in [0.1, 0.15) is 0 Å². The Bertz CT molecular complexity index is 752. The summed E-state index contributed by atoms with van der Waals surface area (Å²) in [6.45, 7) is 0. The molecule has 4 N–H and O–H groups in total. The lowest BCUT2D eigenvalue weighted by Gasteiger charge is -2.09. The van der Waals surface area contributed by atoms with Gasteiger partial charge in [-0.25, -0.2) is 14.2 Å². The molecule has 2 aromatic rings. The number of nitrogen functional groups attached to an aromatic ring is 1. The van der Waals surface area contributed by atoms with E-state index in [0.29, 0.717) is 0 Å². The summed E-state index contributed by atoms with van der Waals surface area (Å²) in [5.41, 5.74) is 4.79. The summed E-state index contributed by atoms with van der Waals surface area (Å²) < 4.78 is 19.0. The van der Waals surface area contributed by atoms with Crippen molar-refractivity contribution in [2.75, 3.05) is 11.1 Å². The van der Waals surface area contributed by atoms with E-state index in [4.69, 9.17) is 15.6 Å².